The minimum absolute atomic E-state index is 0.615. The van der Waals surface area contributed by atoms with E-state index in [0.717, 1.165) is 38.8 Å². The first-order valence-corrected chi connectivity index (χ1v) is 8.24. The quantitative estimate of drug-likeness (QED) is 0.857. The molecule has 0 radical (unpaired) electrons. The highest BCUT2D eigenvalue weighted by Crippen LogP contribution is 2.35. The Hall–Kier alpha value is -1.47. The van der Waals surface area contributed by atoms with Gasteiger partial charge in [0.25, 0.3) is 0 Å². The molecule has 0 saturated heterocycles. The summed E-state index contributed by atoms with van der Waals surface area (Å²) in [5.74, 6) is 2.46. The van der Waals surface area contributed by atoms with E-state index in [2.05, 4.69) is 15.5 Å². The van der Waals surface area contributed by atoms with E-state index in [0.29, 0.717) is 13.2 Å². The van der Waals surface area contributed by atoms with E-state index in [-0.39, 0.29) is 0 Å². The Kier molecular flexibility index (Phi) is 4.27. The molecule has 1 N–H and O–H groups in total. The van der Waals surface area contributed by atoms with Crippen LogP contribution in [0.15, 0.2) is 23.1 Å². The van der Waals surface area contributed by atoms with Crippen LogP contribution in [0.25, 0.3) is 0 Å². The summed E-state index contributed by atoms with van der Waals surface area (Å²) in [6.07, 6.45) is 0. The Morgan fingerprint density at radius 3 is 2.95 bits per heavy atom. The minimum Gasteiger partial charge on any atom is -0.486 e. The molecule has 2 heterocycles. The number of hydrogen-bond acceptors (Lipinski definition) is 7. The molecule has 1 aromatic heterocycles. The fourth-order valence-corrected chi connectivity index (χ4v) is 3.51. The van der Waals surface area contributed by atoms with Gasteiger partial charge in [0.15, 0.2) is 11.5 Å². The molecule has 0 fully saturated rings. The average molecular weight is 309 g/mol. The Morgan fingerprint density at radius 1 is 1.25 bits per heavy atom. The molecule has 7 heteroatoms. The van der Waals surface area contributed by atoms with Crippen LogP contribution in [-0.4, -0.2) is 30.0 Å². The van der Waals surface area contributed by atoms with Gasteiger partial charge in [-0.15, -0.1) is 22.0 Å². The SMILES string of the molecule is CCNc1nnc(CSc2ccc3c(c2)OCCO3)s1. The zero-order valence-electron chi connectivity index (χ0n) is 11.1. The Bertz CT molecular complexity index is 589. The number of anilines is 1. The van der Waals surface area contributed by atoms with Crippen LogP contribution in [0.1, 0.15) is 11.9 Å². The molecule has 1 aromatic carbocycles. The largest absolute Gasteiger partial charge is 0.486 e. The van der Waals surface area contributed by atoms with Crippen LogP contribution in [0.2, 0.25) is 0 Å². The summed E-state index contributed by atoms with van der Waals surface area (Å²) in [7, 11) is 0. The maximum Gasteiger partial charge on any atom is 0.205 e. The number of benzene rings is 1. The standard InChI is InChI=1S/C13H15N3O2S2/c1-2-14-13-16-15-12(20-13)8-19-9-3-4-10-11(7-9)18-6-5-17-10/h3-4,7H,2,5-6,8H2,1H3,(H,14,16). The monoisotopic (exact) mass is 309 g/mol. The van der Waals surface area contributed by atoms with Gasteiger partial charge in [-0.25, -0.2) is 0 Å². The predicted octanol–water partition coefficient (Wildman–Crippen LogP) is 3.03. The number of thioether (sulfide) groups is 1. The van der Waals surface area contributed by atoms with Crippen molar-refractivity contribution >= 4 is 28.2 Å². The minimum atomic E-state index is 0.615. The van der Waals surface area contributed by atoms with Crippen LogP contribution >= 0.6 is 23.1 Å². The van der Waals surface area contributed by atoms with Crippen molar-refractivity contribution in [1.82, 2.24) is 10.2 Å². The van der Waals surface area contributed by atoms with E-state index < -0.39 is 0 Å². The molecule has 5 nitrogen and oxygen atoms in total. The van der Waals surface area contributed by atoms with Crippen LogP contribution in [-0.2, 0) is 5.75 Å². The average Bonchev–Trinajstić information content (AvgIpc) is 2.93. The lowest BCUT2D eigenvalue weighted by Gasteiger charge is -2.18. The van der Waals surface area contributed by atoms with Crippen molar-refractivity contribution in [1.29, 1.82) is 0 Å². The third-order valence-electron chi connectivity index (χ3n) is 2.67. The first-order chi connectivity index (χ1) is 9.85. The third kappa shape index (κ3) is 3.16. The van der Waals surface area contributed by atoms with Gasteiger partial charge in [-0.2, -0.15) is 0 Å². The van der Waals surface area contributed by atoms with Gasteiger partial charge in [0, 0.05) is 11.4 Å². The maximum atomic E-state index is 5.58. The van der Waals surface area contributed by atoms with Crippen molar-refractivity contribution in [3.8, 4) is 11.5 Å². The highest BCUT2D eigenvalue weighted by molar-refractivity contribution is 7.98. The number of ether oxygens (including phenoxy) is 2. The number of nitrogens with zero attached hydrogens (tertiary/aromatic N) is 2. The van der Waals surface area contributed by atoms with Crippen molar-refractivity contribution in [2.45, 2.75) is 17.6 Å². The molecule has 0 saturated carbocycles. The Labute approximate surface area is 125 Å². The predicted molar refractivity (Wildman–Crippen MR) is 81.1 cm³/mol. The third-order valence-corrected chi connectivity index (χ3v) is 4.74. The zero-order chi connectivity index (χ0) is 13.8. The molecule has 20 heavy (non-hydrogen) atoms. The Balaban J connectivity index is 1.62. The maximum absolute atomic E-state index is 5.58. The van der Waals surface area contributed by atoms with Crippen molar-refractivity contribution in [2.75, 3.05) is 25.1 Å². The van der Waals surface area contributed by atoms with Crippen molar-refractivity contribution in [3.05, 3.63) is 23.2 Å². The van der Waals surface area contributed by atoms with Crippen LogP contribution in [0.5, 0.6) is 11.5 Å². The first kappa shape index (κ1) is 13.5. The van der Waals surface area contributed by atoms with Gasteiger partial charge in [0.2, 0.25) is 5.13 Å². The summed E-state index contributed by atoms with van der Waals surface area (Å²) in [6, 6.07) is 6.02. The van der Waals surface area contributed by atoms with Gasteiger partial charge < -0.3 is 14.8 Å². The summed E-state index contributed by atoms with van der Waals surface area (Å²) in [5.41, 5.74) is 0. The van der Waals surface area contributed by atoms with Gasteiger partial charge in [-0.05, 0) is 25.1 Å². The first-order valence-electron chi connectivity index (χ1n) is 6.44. The van der Waals surface area contributed by atoms with E-state index >= 15 is 0 Å². The highest BCUT2D eigenvalue weighted by atomic mass is 32.2. The molecule has 1 aliphatic heterocycles. The number of aromatic nitrogens is 2. The number of rotatable bonds is 5. The van der Waals surface area contributed by atoms with E-state index in [1.807, 2.05) is 25.1 Å². The lowest BCUT2D eigenvalue weighted by atomic mass is 10.3. The Morgan fingerprint density at radius 2 is 2.10 bits per heavy atom. The smallest absolute Gasteiger partial charge is 0.205 e. The molecule has 0 atom stereocenters. The van der Waals surface area contributed by atoms with E-state index in [1.165, 1.54) is 0 Å². The molecule has 0 spiro atoms. The molecule has 0 unspecified atom stereocenters. The van der Waals surface area contributed by atoms with Crippen LogP contribution in [0.4, 0.5) is 5.13 Å². The lowest BCUT2D eigenvalue weighted by Crippen LogP contribution is -2.15. The fraction of sp³-hybridized carbons (Fsp3) is 0.385. The van der Waals surface area contributed by atoms with Gasteiger partial charge >= 0.3 is 0 Å². The van der Waals surface area contributed by atoms with Gasteiger partial charge in [0.05, 0.1) is 5.75 Å². The molecule has 2 aromatic rings. The number of nitrogens with one attached hydrogen (secondary N) is 1. The number of hydrogen-bond donors (Lipinski definition) is 1. The van der Waals surface area contributed by atoms with Gasteiger partial charge in [0.1, 0.15) is 18.2 Å². The van der Waals surface area contributed by atoms with E-state index in [1.54, 1.807) is 23.1 Å². The molecular formula is C13H15N3O2S2. The molecule has 3 rings (SSSR count). The van der Waals surface area contributed by atoms with Gasteiger partial charge in [-0.1, -0.05) is 11.3 Å². The number of fused-ring (bicyclic) bond motifs is 1. The van der Waals surface area contributed by atoms with Crippen molar-refractivity contribution < 1.29 is 9.47 Å². The molecular weight excluding hydrogens is 294 g/mol. The van der Waals surface area contributed by atoms with Crippen LogP contribution in [0, 0.1) is 0 Å². The van der Waals surface area contributed by atoms with Crippen molar-refractivity contribution in [2.24, 2.45) is 0 Å². The zero-order valence-corrected chi connectivity index (χ0v) is 12.7. The second kappa shape index (κ2) is 6.32. The van der Waals surface area contributed by atoms with E-state index in [4.69, 9.17) is 9.47 Å². The topological polar surface area (TPSA) is 56.3 Å². The molecule has 0 aliphatic carbocycles. The summed E-state index contributed by atoms with van der Waals surface area (Å²) in [5, 5.41) is 13.3. The molecule has 0 bridgehead atoms. The summed E-state index contributed by atoms with van der Waals surface area (Å²) in [4.78, 5) is 1.15. The van der Waals surface area contributed by atoms with Gasteiger partial charge in [-0.3, -0.25) is 0 Å². The summed E-state index contributed by atoms with van der Waals surface area (Å²) in [6.45, 7) is 4.15. The normalized spacial score (nSPS) is 13.2. The highest BCUT2D eigenvalue weighted by Gasteiger charge is 2.12. The second-order valence-corrected chi connectivity index (χ2v) is 6.24. The lowest BCUT2D eigenvalue weighted by molar-refractivity contribution is 0.171. The van der Waals surface area contributed by atoms with Crippen LogP contribution in [0.3, 0.4) is 0 Å². The van der Waals surface area contributed by atoms with Crippen molar-refractivity contribution in [3.63, 3.8) is 0 Å². The molecule has 1 aliphatic rings. The summed E-state index contributed by atoms with van der Waals surface area (Å²) >= 11 is 3.32. The molecule has 106 valence electrons. The molecule has 0 amide bonds. The summed E-state index contributed by atoms with van der Waals surface area (Å²) < 4.78 is 11.1. The fourth-order valence-electron chi connectivity index (χ4n) is 1.79. The second-order valence-electron chi connectivity index (χ2n) is 4.13. The van der Waals surface area contributed by atoms with Crippen LogP contribution < -0.4 is 14.8 Å². The van der Waals surface area contributed by atoms with E-state index in [9.17, 15) is 0 Å².